The van der Waals surface area contributed by atoms with Crippen molar-refractivity contribution in [2.24, 2.45) is 11.7 Å². The molecule has 0 saturated carbocycles. The van der Waals surface area contributed by atoms with Crippen LogP contribution in [-0.2, 0) is 0 Å². The van der Waals surface area contributed by atoms with Crippen molar-refractivity contribution in [1.82, 2.24) is 0 Å². The van der Waals surface area contributed by atoms with E-state index in [9.17, 15) is 13.2 Å². The number of benzene rings is 1. The monoisotopic (exact) mass is 317 g/mol. The molecular weight excluding hydrogens is 310 g/mol. The van der Waals surface area contributed by atoms with Crippen LogP contribution in [0.1, 0.15) is 0 Å². The van der Waals surface area contributed by atoms with Gasteiger partial charge in [0.1, 0.15) is 18.3 Å². The molecule has 1 aromatic carbocycles. The van der Waals surface area contributed by atoms with E-state index in [-0.39, 0.29) is 10.8 Å². The standard InChI is InChI=1S/C10H8Cl2F3NOS/c11-5-1-2-8(7(12)3-5)17-4-6(9(16)18)10(13,14)15/h1-3,6H,4H2,(H2,16,18). The van der Waals surface area contributed by atoms with Gasteiger partial charge in [0.05, 0.1) is 10.0 Å². The molecule has 0 amide bonds. The van der Waals surface area contributed by atoms with Gasteiger partial charge in [-0.1, -0.05) is 35.4 Å². The summed E-state index contributed by atoms with van der Waals surface area (Å²) in [7, 11) is 0. The molecule has 100 valence electrons. The Morgan fingerprint density at radius 1 is 1.39 bits per heavy atom. The molecule has 0 saturated heterocycles. The van der Waals surface area contributed by atoms with Crippen molar-refractivity contribution in [3.63, 3.8) is 0 Å². The van der Waals surface area contributed by atoms with E-state index in [1.165, 1.54) is 18.2 Å². The summed E-state index contributed by atoms with van der Waals surface area (Å²) in [4.78, 5) is -0.674. The highest BCUT2D eigenvalue weighted by Gasteiger charge is 2.42. The molecule has 1 unspecified atom stereocenters. The molecule has 8 heteroatoms. The first kappa shape index (κ1) is 15.3. The summed E-state index contributed by atoms with van der Waals surface area (Å²) < 4.78 is 42.6. The van der Waals surface area contributed by atoms with Crippen molar-refractivity contribution in [2.45, 2.75) is 6.18 Å². The number of hydrogen-bond donors (Lipinski definition) is 1. The lowest BCUT2D eigenvalue weighted by Gasteiger charge is -2.19. The first-order valence-corrected chi connectivity index (χ1v) is 5.82. The zero-order chi connectivity index (χ0) is 13.9. The number of rotatable bonds is 4. The van der Waals surface area contributed by atoms with Crippen molar-refractivity contribution in [3.05, 3.63) is 28.2 Å². The van der Waals surface area contributed by atoms with Gasteiger partial charge in [-0.25, -0.2) is 0 Å². The van der Waals surface area contributed by atoms with Crippen LogP contribution in [0.5, 0.6) is 5.75 Å². The summed E-state index contributed by atoms with van der Waals surface area (Å²) in [6.45, 7) is -0.722. The molecule has 0 heterocycles. The summed E-state index contributed by atoms with van der Waals surface area (Å²) in [5, 5.41) is 0.473. The maximum Gasteiger partial charge on any atom is 0.401 e. The topological polar surface area (TPSA) is 35.2 Å². The average molecular weight is 318 g/mol. The molecule has 0 fully saturated rings. The molecular formula is C10H8Cl2F3NOS. The number of alkyl halides is 3. The van der Waals surface area contributed by atoms with Gasteiger partial charge in [-0.2, -0.15) is 13.2 Å². The second kappa shape index (κ2) is 5.95. The van der Waals surface area contributed by atoms with Crippen molar-refractivity contribution in [1.29, 1.82) is 0 Å². The van der Waals surface area contributed by atoms with E-state index in [1.54, 1.807) is 0 Å². The Hall–Kier alpha value is -0.720. The Balaban J connectivity index is 2.77. The number of halogens is 5. The number of nitrogens with two attached hydrogens (primary N) is 1. The first-order chi connectivity index (χ1) is 8.21. The fraction of sp³-hybridized carbons (Fsp3) is 0.300. The van der Waals surface area contributed by atoms with Crippen LogP contribution in [0.25, 0.3) is 0 Å². The van der Waals surface area contributed by atoms with Crippen LogP contribution >= 0.6 is 35.4 Å². The second-order valence-electron chi connectivity index (χ2n) is 3.38. The van der Waals surface area contributed by atoms with Crippen LogP contribution in [0.4, 0.5) is 13.2 Å². The molecule has 0 radical (unpaired) electrons. The molecule has 1 atom stereocenters. The van der Waals surface area contributed by atoms with Gasteiger partial charge in [-0.15, -0.1) is 0 Å². The largest absolute Gasteiger partial charge is 0.491 e. The van der Waals surface area contributed by atoms with Crippen LogP contribution < -0.4 is 10.5 Å². The third-order valence-corrected chi connectivity index (χ3v) is 2.85. The Bertz CT molecular complexity index is 453. The maximum absolute atomic E-state index is 12.5. The van der Waals surface area contributed by atoms with Crippen LogP contribution in [0.15, 0.2) is 18.2 Å². The molecule has 0 spiro atoms. The minimum atomic E-state index is -4.55. The van der Waals surface area contributed by atoms with E-state index < -0.39 is 23.7 Å². The lowest BCUT2D eigenvalue weighted by atomic mass is 10.1. The van der Waals surface area contributed by atoms with Crippen LogP contribution in [0.2, 0.25) is 10.0 Å². The zero-order valence-corrected chi connectivity index (χ0v) is 11.1. The van der Waals surface area contributed by atoms with Crippen molar-refractivity contribution in [3.8, 4) is 5.75 Å². The lowest BCUT2D eigenvalue weighted by molar-refractivity contribution is -0.161. The summed E-state index contributed by atoms with van der Waals surface area (Å²) in [6, 6.07) is 4.19. The maximum atomic E-state index is 12.5. The molecule has 0 aliphatic heterocycles. The van der Waals surface area contributed by atoms with Crippen molar-refractivity contribution >= 4 is 40.4 Å². The van der Waals surface area contributed by atoms with E-state index in [0.29, 0.717) is 5.02 Å². The molecule has 2 nitrogen and oxygen atoms in total. The van der Waals surface area contributed by atoms with Gasteiger partial charge in [0, 0.05) is 5.02 Å². The zero-order valence-electron chi connectivity index (χ0n) is 8.80. The molecule has 1 rings (SSSR count). The van der Waals surface area contributed by atoms with E-state index in [2.05, 4.69) is 12.2 Å². The second-order valence-corrected chi connectivity index (χ2v) is 4.70. The molecule has 2 N–H and O–H groups in total. The minimum Gasteiger partial charge on any atom is -0.491 e. The number of ether oxygens (including phenoxy) is 1. The molecule has 0 aliphatic carbocycles. The summed E-state index contributed by atoms with van der Waals surface area (Å²) in [5.74, 6) is -1.93. The minimum absolute atomic E-state index is 0.0894. The van der Waals surface area contributed by atoms with E-state index >= 15 is 0 Å². The Morgan fingerprint density at radius 2 is 2.00 bits per heavy atom. The third kappa shape index (κ3) is 4.19. The molecule has 18 heavy (non-hydrogen) atoms. The van der Waals surface area contributed by atoms with Gasteiger partial charge in [0.15, 0.2) is 0 Å². The normalized spacial score (nSPS) is 13.2. The molecule has 0 aliphatic rings. The average Bonchev–Trinajstić information content (AvgIpc) is 2.18. The van der Waals surface area contributed by atoms with E-state index in [4.69, 9.17) is 33.7 Å². The number of hydrogen-bond acceptors (Lipinski definition) is 2. The highest BCUT2D eigenvalue weighted by Crippen LogP contribution is 2.31. The number of thiocarbonyl (C=S) groups is 1. The SMILES string of the molecule is NC(=S)C(COc1ccc(Cl)cc1Cl)C(F)(F)F. The Morgan fingerprint density at radius 3 is 2.44 bits per heavy atom. The van der Waals surface area contributed by atoms with Gasteiger partial charge in [-0.3, -0.25) is 0 Å². The molecule has 0 aromatic heterocycles. The fourth-order valence-electron chi connectivity index (χ4n) is 1.10. The quantitative estimate of drug-likeness (QED) is 0.857. The van der Waals surface area contributed by atoms with Crippen LogP contribution in [0, 0.1) is 5.92 Å². The summed E-state index contributed by atoms with van der Waals surface area (Å²) in [6.07, 6.45) is -4.55. The van der Waals surface area contributed by atoms with Gasteiger partial charge >= 0.3 is 6.18 Å². The van der Waals surface area contributed by atoms with Crippen LogP contribution in [0.3, 0.4) is 0 Å². The predicted octanol–water partition coefficient (Wildman–Crippen LogP) is 3.84. The summed E-state index contributed by atoms with van der Waals surface area (Å²) >= 11 is 15.8. The first-order valence-electron chi connectivity index (χ1n) is 4.65. The Kier molecular flexibility index (Phi) is 5.07. The van der Waals surface area contributed by atoms with Gasteiger partial charge < -0.3 is 10.5 Å². The van der Waals surface area contributed by atoms with Gasteiger partial charge in [0.2, 0.25) is 0 Å². The fourth-order valence-corrected chi connectivity index (χ4v) is 1.77. The third-order valence-electron chi connectivity index (χ3n) is 2.04. The molecule has 1 aromatic rings. The summed E-state index contributed by atoms with van der Waals surface area (Å²) in [5.41, 5.74) is 5.03. The predicted molar refractivity (Wildman–Crippen MR) is 68.3 cm³/mol. The highest BCUT2D eigenvalue weighted by molar-refractivity contribution is 7.80. The van der Waals surface area contributed by atoms with Crippen molar-refractivity contribution < 1.29 is 17.9 Å². The van der Waals surface area contributed by atoms with Crippen LogP contribution in [-0.4, -0.2) is 17.8 Å². The molecule has 0 bridgehead atoms. The smallest absolute Gasteiger partial charge is 0.401 e. The van der Waals surface area contributed by atoms with E-state index in [1.807, 2.05) is 0 Å². The Labute approximate surface area is 117 Å². The lowest BCUT2D eigenvalue weighted by Crippen LogP contribution is -2.38. The van der Waals surface area contributed by atoms with Gasteiger partial charge in [-0.05, 0) is 18.2 Å². The van der Waals surface area contributed by atoms with Gasteiger partial charge in [0.25, 0.3) is 0 Å². The highest BCUT2D eigenvalue weighted by atomic mass is 35.5. The van der Waals surface area contributed by atoms with E-state index in [0.717, 1.165) is 0 Å². The van der Waals surface area contributed by atoms with Crippen molar-refractivity contribution in [2.75, 3.05) is 6.61 Å².